The first-order valence-corrected chi connectivity index (χ1v) is 6.18. The van der Waals surface area contributed by atoms with Crippen LogP contribution in [0.3, 0.4) is 0 Å². The predicted octanol–water partition coefficient (Wildman–Crippen LogP) is 2.42. The third-order valence-corrected chi connectivity index (χ3v) is 2.97. The lowest BCUT2D eigenvalue weighted by molar-refractivity contribution is 0.108. The van der Waals surface area contributed by atoms with Crippen LogP contribution in [-0.2, 0) is 11.3 Å². The van der Waals surface area contributed by atoms with Crippen LogP contribution in [0.2, 0.25) is 0 Å². The van der Waals surface area contributed by atoms with Crippen molar-refractivity contribution in [1.29, 1.82) is 0 Å². The second-order valence-electron chi connectivity index (χ2n) is 3.16. The van der Waals surface area contributed by atoms with E-state index in [-0.39, 0.29) is 0 Å². The molecule has 0 radical (unpaired) electrons. The van der Waals surface area contributed by atoms with Crippen molar-refractivity contribution in [3.05, 3.63) is 29.8 Å². The Bertz CT molecular complexity index is 411. The maximum Gasteiger partial charge on any atom is 0.261 e. The number of hydrogen-bond acceptors (Lipinski definition) is 2. The van der Waals surface area contributed by atoms with E-state index in [2.05, 4.69) is 0 Å². The van der Waals surface area contributed by atoms with E-state index >= 15 is 0 Å². The maximum absolute atomic E-state index is 11.1. The van der Waals surface area contributed by atoms with Crippen molar-refractivity contribution in [3.63, 3.8) is 0 Å². The number of rotatable bonds is 5. The topological polar surface area (TPSA) is 57.6 Å². The van der Waals surface area contributed by atoms with Gasteiger partial charge < -0.3 is 0 Å². The summed E-state index contributed by atoms with van der Waals surface area (Å²) < 4.78 is 21.5. The molecule has 0 bridgehead atoms. The van der Waals surface area contributed by atoms with E-state index in [4.69, 9.17) is 16.2 Å². The molecule has 0 aliphatic heterocycles. The lowest BCUT2D eigenvalue weighted by atomic mass is 10.2. The molecular formula is C10H12ClNO3S. The van der Waals surface area contributed by atoms with E-state index in [1.165, 1.54) is 10.4 Å². The zero-order chi connectivity index (χ0) is 12.1. The van der Waals surface area contributed by atoms with Gasteiger partial charge in [-0.05, 0) is 36.2 Å². The monoisotopic (exact) mass is 261 g/mol. The minimum absolute atomic E-state index is 0.311. The van der Waals surface area contributed by atoms with Crippen LogP contribution in [0.1, 0.15) is 23.7 Å². The third-order valence-electron chi connectivity index (χ3n) is 1.98. The van der Waals surface area contributed by atoms with Gasteiger partial charge in [0.2, 0.25) is 0 Å². The highest BCUT2D eigenvalue weighted by atomic mass is 35.5. The predicted molar refractivity (Wildman–Crippen MR) is 65.0 cm³/mol. The van der Waals surface area contributed by atoms with E-state index in [1.54, 1.807) is 18.2 Å². The Morgan fingerprint density at radius 2 is 2.25 bits per heavy atom. The second kappa shape index (κ2) is 5.98. The van der Waals surface area contributed by atoms with Gasteiger partial charge in [-0.15, -0.1) is 0 Å². The second-order valence-corrected chi connectivity index (χ2v) is 4.40. The van der Waals surface area contributed by atoms with E-state index in [0.29, 0.717) is 17.8 Å². The van der Waals surface area contributed by atoms with Crippen molar-refractivity contribution in [3.8, 4) is 0 Å². The van der Waals surface area contributed by atoms with Crippen molar-refractivity contribution < 1.29 is 13.6 Å². The van der Waals surface area contributed by atoms with Gasteiger partial charge in [0.05, 0.1) is 5.69 Å². The molecule has 0 heterocycles. The fourth-order valence-electron chi connectivity index (χ4n) is 1.28. The van der Waals surface area contributed by atoms with Crippen LogP contribution in [0.15, 0.2) is 24.3 Å². The highest BCUT2D eigenvalue weighted by Gasteiger charge is 2.12. The van der Waals surface area contributed by atoms with Gasteiger partial charge in [0, 0.05) is 12.1 Å². The van der Waals surface area contributed by atoms with Crippen molar-refractivity contribution >= 4 is 33.8 Å². The Morgan fingerprint density at radius 3 is 2.75 bits per heavy atom. The van der Waals surface area contributed by atoms with Gasteiger partial charge in [-0.2, -0.15) is 0 Å². The number of anilines is 1. The molecule has 88 valence electrons. The molecule has 0 fully saturated rings. The van der Waals surface area contributed by atoms with Gasteiger partial charge in [-0.1, -0.05) is 13.0 Å². The molecule has 0 amide bonds. The average molecular weight is 262 g/mol. The van der Waals surface area contributed by atoms with E-state index in [0.717, 1.165) is 6.42 Å². The van der Waals surface area contributed by atoms with Gasteiger partial charge in [0.25, 0.3) is 16.5 Å². The largest absolute Gasteiger partial charge is 0.289 e. The standard InChI is InChI=1S/C10H12ClNO3S/c1-2-6-12(16(14)15)9-5-3-4-8(7-9)10(11)13/h3-5,7H,2,6H2,1H3,(H,14,15). The number of benzene rings is 1. The van der Waals surface area contributed by atoms with E-state index in [1.807, 2.05) is 6.92 Å². The molecule has 1 rings (SSSR count). The van der Waals surface area contributed by atoms with Crippen molar-refractivity contribution in [2.45, 2.75) is 13.3 Å². The SMILES string of the molecule is CCCN(c1cccc(C(=O)Cl)c1)S(=O)O. The Morgan fingerprint density at radius 1 is 1.56 bits per heavy atom. The summed E-state index contributed by atoms with van der Waals surface area (Å²) in [5.74, 6) is 0. The number of carbonyl (C=O) groups excluding carboxylic acids is 1. The molecule has 1 aromatic rings. The molecule has 0 saturated carbocycles. The lowest BCUT2D eigenvalue weighted by Crippen LogP contribution is -2.26. The number of hydrogen-bond donors (Lipinski definition) is 1. The molecule has 1 N–H and O–H groups in total. The summed E-state index contributed by atoms with van der Waals surface area (Å²) in [5, 5.41) is -0.581. The van der Waals surface area contributed by atoms with Gasteiger partial charge in [-0.25, -0.2) is 4.21 Å². The Labute approximate surface area is 102 Å². The summed E-state index contributed by atoms with van der Waals surface area (Å²) in [6.07, 6.45) is 0.728. The molecular weight excluding hydrogens is 250 g/mol. The fourth-order valence-corrected chi connectivity index (χ4v) is 2.03. The van der Waals surface area contributed by atoms with E-state index < -0.39 is 16.5 Å². The Balaban J connectivity index is 3.04. The molecule has 4 nitrogen and oxygen atoms in total. The smallest absolute Gasteiger partial charge is 0.261 e. The first kappa shape index (κ1) is 13.2. The van der Waals surface area contributed by atoms with Crippen LogP contribution in [0.5, 0.6) is 0 Å². The van der Waals surface area contributed by atoms with Gasteiger partial charge in [0.15, 0.2) is 0 Å². The summed E-state index contributed by atoms with van der Waals surface area (Å²) in [4.78, 5) is 11.0. The molecule has 1 unspecified atom stereocenters. The quantitative estimate of drug-likeness (QED) is 0.654. The Kier molecular flexibility index (Phi) is 4.92. The molecule has 6 heteroatoms. The maximum atomic E-state index is 11.1. The molecule has 0 spiro atoms. The van der Waals surface area contributed by atoms with Crippen molar-refractivity contribution in [1.82, 2.24) is 0 Å². The number of halogens is 1. The summed E-state index contributed by atoms with van der Waals surface area (Å²) in [6.45, 7) is 2.33. The minimum Gasteiger partial charge on any atom is -0.289 e. The van der Waals surface area contributed by atoms with Gasteiger partial charge in [-0.3, -0.25) is 13.7 Å². The molecule has 0 aliphatic carbocycles. The normalized spacial score (nSPS) is 12.2. The average Bonchev–Trinajstić information content (AvgIpc) is 2.25. The molecule has 1 aromatic carbocycles. The molecule has 0 aromatic heterocycles. The molecule has 0 saturated heterocycles. The van der Waals surface area contributed by atoms with Crippen molar-refractivity contribution in [2.75, 3.05) is 10.8 Å². The molecule has 16 heavy (non-hydrogen) atoms. The van der Waals surface area contributed by atoms with Gasteiger partial charge >= 0.3 is 0 Å². The number of nitrogens with zero attached hydrogens (tertiary/aromatic N) is 1. The van der Waals surface area contributed by atoms with E-state index in [9.17, 15) is 9.00 Å². The highest BCUT2D eigenvalue weighted by Crippen LogP contribution is 2.18. The first-order valence-electron chi connectivity index (χ1n) is 4.74. The van der Waals surface area contributed by atoms with Crippen LogP contribution in [0, 0.1) is 0 Å². The van der Waals surface area contributed by atoms with Gasteiger partial charge in [0.1, 0.15) is 0 Å². The zero-order valence-corrected chi connectivity index (χ0v) is 10.3. The summed E-state index contributed by atoms with van der Waals surface area (Å²) in [7, 11) is 0. The summed E-state index contributed by atoms with van der Waals surface area (Å²) >= 11 is 3.24. The van der Waals surface area contributed by atoms with Crippen LogP contribution in [0.4, 0.5) is 5.69 Å². The summed E-state index contributed by atoms with van der Waals surface area (Å²) in [5.41, 5.74) is 0.819. The van der Waals surface area contributed by atoms with Crippen LogP contribution < -0.4 is 4.31 Å². The first-order chi connectivity index (χ1) is 7.56. The third kappa shape index (κ3) is 3.30. The lowest BCUT2D eigenvalue weighted by Gasteiger charge is -2.19. The fraction of sp³-hybridized carbons (Fsp3) is 0.300. The number of carbonyl (C=O) groups is 1. The molecule has 0 aliphatic rings. The highest BCUT2D eigenvalue weighted by molar-refractivity contribution is 7.80. The zero-order valence-electron chi connectivity index (χ0n) is 8.72. The Hall–Kier alpha value is -0.910. The minimum atomic E-state index is -2.10. The van der Waals surface area contributed by atoms with Crippen molar-refractivity contribution in [2.24, 2.45) is 0 Å². The van der Waals surface area contributed by atoms with Crippen LogP contribution in [0.25, 0.3) is 0 Å². The summed E-state index contributed by atoms with van der Waals surface area (Å²) in [6, 6.07) is 6.34. The molecule has 1 atom stereocenters. The van der Waals surface area contributed by atoms with Crippen LogP contribution >= 0.6 is 11.6 Å². The van der Waals surface area contributed by atoms with Crippen LogP contribution in [-0.4, -0.2) is 20.5 Å².